The molecule has 1 aliphatic carbocycles. The number of hydrogen-bond acceptors (Lipinski definition) is 1. The second-order valence-electron chi connectivity index (χ2n) is 5.71. The molecular formula is C20H14N2. The fourth-order valence-electron chi connectivity index (χ4n) is 3.43. The van der Waals surface area contributed by atoms with Crippen molar-refractivity contribution in [2.75, 3.05) is 0 Å². The highest BCUT2D eigenvalue weighted by Gasteiger charge is 2.18. The third-order valence-corrected chi connectivity index (χ3v) is 4.41. The summed E-state index contributed by atoms with van der Waals surface area (Å²) in [6, 6.07) is 19.0. The molecule has 0 N–H and O–H groups in total. The predicted molar refractivity (Wildman–Crippen MR) is 90.9 cm³/mol. The number of hydrogen-bond donors (Lipinski definition) is 0. The van der Waals surface area contributed by atoms with E-state index in [9.17, 15) is 0 Å². The smallest absolute Gasteiger partial charge is 0.145 e. The summed E-state index contributed by atoms with van der Waals surface area (Å²) in [7, 11) is 0. The molecule has 1 aliphatic rings. The Labute approximate surface area is 128 Å². The molecule has 0 unspecified atom stereocenters. The van der Waals surface area contributed by atoms with Crippen LogP contribution >= 0.6 is 0 Å². The summed E-state index contributed by atoms with van der Waals surface area (Å²) in [5, 5.41) is 2.60. The zero-order chi connectivity index (χ0) is 14.5. The summed E-state index contributed by atoms with van der Waals surface area (Å²) >= 11 is 0. The molecule has 0 radical (unpaired) electrons. The molecule has 2 heteroatoms. The van der Waals surface area contributed by atoms with Crippen LogP contribution in [0.5, 0.6) is 0 Å². The van der Waals surface area contributed by atoms with Crippen LogP contribution in [0.4, 0.5) is 0 Å². The van der Waals surface area contributed by atoms with Gasteiger partial charge in [-0.15, -0.1) is 0 Å². The number of allylic oxidation sites excluding steroid dienone is 1. The summed E-state index contributed by atoms with van der Waals surface area (Å²) in [5.41, 5.74) is 4.86. The molecule has 2 heterocycles. The van der Waals surface area contributed by atoms with Gasteiger partial charge in [0.2, 0.25) is 0 Å². The van der Waals surface area contributed by atoms with E-state index in [2.05, 4.69) is 71.3 Å². The van der Waals surface area contributed by atoms with Crippen LogP contribution in [-0.2, 0) is 6.42 Å². The quantitative estimate of drug-likeness (QED) is 0.493. The highest BCUT2D eigenvalue weighted by molar-refractivity contribution is 5.95. The second-order valence-corrected chi connectivity index (χ2v) is 5.71. The van der Waals surface area contributed by atoms with Crippen molar-refractivity contribution in [1.82, 2.24) is 9.38 Å². The predicted octanol–water partition coefficient (Wildman–Crippen LogP) is 4.72. The number of nitrogens with zero attached hydrogens (tertiary/aromatic N) is 2. The van der Waals surface area contributed by atoms with Gasteiger partial charge in [0.25, 0.3) is 0 Å². The average molecular weight is 282 g/mol. The lowest BCUT2D eigenvalue weighted by Gasteiger charge is -2.12. The third kappa shape index (κ3) is 1.52. The molecule has 0 saturated heterocycles. The Hall–Kier alpha value is -2.87. The van der Waals surface area contributed by atoms with Gasteiger partial charge in [0.1, 0.15) is 5.82 Å². The fraction of sp³-hybridized carbons (Fsp3) is 0.0500. The number of imidazole rings is 1. The van der Waals surface area contributed by atoms with Crippen molar-refractivity contribution in [3.63, 3.8) is 0 Å². The molecule has 0 fully saturated rings. The molecule has 0 amide bonds. The molecule has 104 valence electrons. The molecule has 0 atom stereocenters. The van der Waals surface area contributed by atoms with Gasteiger partial charge in [-0.05, 0) is 28.8 Å². The third-order valence-electron chi connectivity index (χ3n) is 4.41. The first-order valence-electron chi connectivity index (χ1n) is 7.56. The molecule has 4 aromatic rings. The second kappa shape index (κ2) is 4.31. The highest BCUT2D eigenvalue weighted by atomic mass is 15.0. The van der Waals surface area contributed by atoms with Gasteiger partial charge in [0.15, 0.2) is 0 Å². The fourth-order valence-corrected chi connectivity index (χ4v) is 3.43. The van der Waals surface area contributed by atoms with E-state index < -0.39 is 0 Å². The van der Waals surface area contributed by atoms with Crippen molar-refractivity contribution >= 4 is 22.4 Å². The Morgan fingerprint density at radius 1 is 0.909 bits per heavy atom. The molecule has 2 aromatic carbocycles. The number of rotatable bonds is 1. The zero-order valence-corrected chi connectivity index (χ0v) is 12.0. The van der Waals surface area contributed by atoms with Gasteiger partial charge in [-0.2, -0.15) is 0 Å². The van der Waals surface area contributed by atoms with E-state index in [0.717, 1.165) is 23.5 Å². The summed E-state index contributed by atoms with van der Waals surface area (Å²) in [6.07, 6.45) is 7.54. The SMILES string of the molecule is C1=Cc2nc(-c3ccccc3)n3cc4ccccc4c(c23)C1. The normalized spacial score (nSPS) is 13.1. The van der Waals surface area contributed by atoms with Crippen molar-refractivity contribution in [1.29, 1.82) is 0 Å². The van der Waals surface area contributed by atoms with Crippen LogP contribution in [0.2, 0.25) is 0 Å². The maximum Gasteiger partial charge on any atom is 0.145 e. The monoisotopic (exact) mass is 282 g/mol. The Balaban J connectivity index is 1.97. The number of benzene rings is 2. The Bertz CT molecular complexity index is 1040. The van der Waals surface area contributed by atoms with Gasteiger partial charge < -0.3 is 0 Å². The average Bonchev–Trinajstić information content (AvgIpc) is 2.96. The van der Waals surface area contributed by atoms with E-state index in [1.54, 1.807) is 0 Å². The standard InChI is InChI=1S/C20H14N2/c1-2-7-14(8-3-1)20-21-18-12-6-11-17-16-10-5-4-9-15(16)13-22(20)19(17)18/h1-10,12-13H,11H2. The van der Waals surface area contributed by atoms with E-state index in [1.807, 2.05) is 6.07 Å². The van der Waals surface area contributed by atoms with Crippen LogP contribution in [-0.4, -0.2) is 9.38 Å². The Morgan fingerprint density at radius 3 is 2.64 bits per heavy atom. The van der Waals surface area contributed by atoms with E-state index >= 15 is 0 Å². The van der Waals surface area contributed by atoms with Gasteiger partial charge in [0, 0.05) is 11.8 Å². The van der Waals surface area contributed by atoms with E-state index in [4.69, 9.17) is 4.98 Å². The van der Waals surface area contributed by atoms with Gasteiger partial charge in [-0.1, -0.05) is 60.7 Å². The first-order valence-corrected chi connectivity index (χ1v) is 7.56. The van der Waals surface area contributed by atoms with Gasteiger partial charge >= 0.3 is 0 Å². The van der Waals surface area contributed by atoms with Crippen molar-refractivity contribution in [2.45, 2.75) is 6.42 Å². The summed E-state index contributed by atoms with van der Waals surface area (Å²) in [4.78, 5) is 4.89. The first kappa shape index (κ1) is 11.8. The Morgan fingerprint density at radius 2 is 1.73 bits per heavy atom. The van der Waals surface area contributed by atoms with Crippen molar-refractivity contribution < 1.29 is 0 Å². The minimum Gasteiger partial charge on any atom is -0.298 e. The molecule has 0 saturated carbocycles. The van der Waals surface area contributed by atoms with Gasteiger partial charge in [0.05, 0.1) is 11.2 Å². The zero-order valence-electron chi connectivity index (χ0n) is 12.0. The molecule has 0 spiro atoms. The Kier molecular flexibility index (Phi) is 2.30. The minimum atomic E-state index is 0.970. The van der Waals surface area contributed by atoms with Gasteiger partial charge in [-0.3, -0.25) is 4.40 Å². The van der Waals surface area contributed by atoms with Gasteiger partial charge in [-0.25, -0.2) is 4.98 Å². The molecule has 5 rings (SSSR count). The topological polar surface area (TPSA) is 17.3 Å². The van der Waals surface area contributed by atoms with E-state index in [1.165, 1.54) is 21.9 Å². The number of pyridine rings is 1. The molecule has 0 aliphatic heterocycles. The molecule has 2 aromatic heterocycles. The maximum atomic E-state index is 4.89. The summed E-state index contributed by atoms with van der Waals surface area (Å²) in [6.45, 7) is 0. The van der Waals surface area contributed by atoms with Crippen LogP contribution in [0.25, 0.3) is 33.8 Å². The van der Waals surface area contributed by atoms with E-state index in [-0.39, 0.29) is 0 Å². The van der Waals surface area contributed by atoms with Crippen molar-refractivity contribution in [3.8, 4) is 11.4 Å². The molecular weight excluding hydrogens is 268 g/mol. The maximum absolute atomic E-state index is 4.89. The lowest BCUT2D eigenvalue weighted by Crippen LogP contribution is -1.97. The van der Waals surface area contributed by atoms with Crippen LogP contribution in [0, 0.1) is 0 Å². The molecule has 0 bridgehead atoms. The summed E-state index contributed by atoms with van der Waals surface area (Å²) < 4.78 is 2.26. The lowest BCUT2D eigenvalue weighted by molar-refractivity contribution is 1.16. The van der Waals surface area contributed by atoms with Crippen LogP contribution < -0.4 is 0 Å². The van der Waals surface area contributed by atoms with Crippen LogP contribution in [0.1, 0.15) is 11.3 Å². The van der Waals surface area contributed by atoms with Crippen LogP contribution in [0.15, 0.2) is 66.9 Å². The lowest BCUT2D eigenvalue weighted by atomic mass is 9.99. The van der Waals surface area contributed by atoms with Crippen LogP contribution in [0.3, 0.4) is 0 Å². The first-order chi connectivity index (χ1) is 10.9. The number of aromatic nitrogens is 2. The molecule has 22 heavy (non-hydrogen) atoms. The highest BCUT2D eigenvalue weighted by Crippen LogP contribution is 2.33. The summed E-state index contributed by atoms with van der Waals surface area (Å²) in [5.74, 6) is 1.02. The molecule has 2 nitrogen and oxygen atoms in total. The van der Waals surface area contributed by atoms with E-state index in [0.29, 0.717) is 0 Å². The largest absolute Gasteiger partial charge is 0.298 e. The number of fused-ring (bicyclic) bond motifs is 2. The van der Waals surface area contributed by atoms with Crippen molar-refractivity contribution in [2.24, 2.45) is 0 Å². The minimum absolute atomic E-state index is 0.970. The van der Waals surface area contributed by atoms with Crippen molar-refractivity contribution in [3.05, 3.63) is 78.1 Å².